The maximum absolute atomic E-state index is 8.82. The van der Waals surface area contributed by atoms with Crippen LogP contribution in [0.25, 0.3) is 0 Å². The number of hydrogen-bond acceptors (Lipinski definition) is 4. The molecule has 0 aliphatic rings. The zero-order chi connectivity index (χ0) is 12.8. The minimum absolute atomic E-state index is 0.314. The van der Waals surface area contributed by atoms with Crippen LogP contribution in [-0.2, 0) is 6.42 Å². The van der Waals surface area contributed by atoms with E-state index in [9.17, 15) is 0 Å². The molecular weight excluding hydrogens is 248 g/mol. The van der Waals surface area contributed by atoms with Crippen molar-refractivity contribution in [3.05, 3.63) is 52.9 Å². The van der Waals surface area contributed by atoms with E-state index in [-0.39, 0.29) is 0 Å². The lowest BCUT2D eigenvalue weighted by molar-refractivity contribution is 0.954. The highest BCUT2D eigenvalue weighted by Crippen LogP contribution is 2.13. The summed E-state index contributed by atoms with van der Waals surface area (Å²) in [5.41, 5.74) is 1.50. The predicted molar refractivity (Wildman–Crippen MR) is 70.4 cm³/mol. The zero-order valence-corrected chi connectivity index (χ0v) is 10.4. The molecular formula is C13H11ClN4. The van der Waals surface area contributed by atoms with Crippen LogP contribution in [0.4, 0.5) is 5.82 Å². The van der Waals surface area contributed by atoms with Crippen LogP contribution in [0.3, 0.4) is 0 Å². The Labute approximate surface area is 110 Å². The van der Waals surface area contributed by atoms with E-state index in [1.165, 1.54) is 6.07 Å². The molecule has 0 aromatic carbocycles. The Morgan fingerprint density at radius 1 is 1.33 bits per heavy atom. The lowest BCUT2D eigenvalue weighted by atomic mass is 10.2. The van der Waals surface area contributed by atoms with Gasteiger partial charge < -0.3 is 5.32 Å². The van der Waals surface area contributed by atoms with Gasteiger partial charge in [0.1, 0.15) is 11.0 Å². The highest BCUT2D eigenvalue weighted by atomic mass is 35.5. The standard InChI is InChI=1S/C13H11ClN4/c14-12-7-10(9-15)8-13(18-12)17-6-4-11-3-1-2-5-16-11/h1-3,5,7-8H,4,6H2,(H,17,18). The normalized spacial score (nSPS) is 9.78. The number of rotatable bonds is 4. The molecule has 5 heteroatoms. The summed E-state index contributed by atoms with van der Waals surface area (Å²) in [7, 11) is 0. The number of nitrogens with one attached hydrogen (secondary N) is 1. The molecule has 0 radical (unpaired) electrons. The summed E-state index contributed by atoms with van der Waals surface area (Å²) < 4.78 is 0. The fraction of sp³-hybridized carbons (Fsp3) is 0.154. The molecule has 0 aliphatic carbocycles. The maximum Gasteiger partial charge on any atom is 0.132 e. The van der Waals surface area contributed by atoms with E-state index in [0.717, 1.165) is 12.1 Å². The summed E-state index contributed by atoms with van der Waals surface area (Å²) in [4.78, 5) is 8.32. The molecule has 18 heavy (non-hydrogen) atoms. The first kappa shape index (κ1) is 12.3. The van der Waals surface area contributed by atoms with Crippen molar-refractivity contribution in [2.75, 3.05) is 11.9 Å². The molecule has 2 rings (SSSR count). The first-order valence-electron chi connectivity index (χ1n) is 5.49. The van der Waals surface area contributed by atoms with Crippen LogP contribution in [0.5, 0.6) is 0 Å². The van der Waals surface area contributed by atoms with Crippen molar-refractivity contribution in [1.82, 2.24) is 9.97 Å². The van der Waals surface area contributed by atoms with E-state index >= 15 is 0 Å². The van der Waals surface area contributed by atoms with E-state index in [1.807, 2.05) is 24.3 Å². The largest absolute Gasteiger partial charge is 0.370 e. The van der Waals surface area contributed by atoms with E-state index in [4.69, 9.17) is 16.9 Å². The number of anilines is 1. The van der Waals surface area contributed by atoms with Gasteiger partial charge in [0.15, 0.2) is 0 Å². The summed E-state index contributed by atoms with van der Waals surface area (Å²) in [6.07, 6.45) is 2.55. The van der Waals surface area contributed by atoms with Crippen molar-refractivity contribution in [3.63, 3.8) is 0 Å². The van der Waals surface area contributed by atoms with Crippen molar-refractivity contribution in [2.24, 2.45) is 0 Å². The highest BCUT2D eigenvalue weighted by Gasteiger charge is 2.00. The molecule has 2 aromatic rings. The van der Waals surface area contributed by atoms with E-state index in [2.05, 4.69) is 15.3 Å². The molecule has 1 N–H and O–H groups in total. The number of pyridine rings is 2. The third-order valence-electron chi connectivity index (χ3n) is 2.34. The van der Waals surface area contributed by atoms with Gasteiger partial charge in [-0.15, -0.1) is 0 Å². The van der Waals surface area contributed by atoms with E-state index in [0.29, 0.717) is 23.1 Å². The third-order valence-corrected chi connectivity index (χ3v) is 2.53. The van der Waals surface area contributed by atoms with Crippen molar-refractivity contribution >= 4 is 17.4 Å². The Kier molecular flexibility index (Phi) is 4.11. The van der Waals surface area contributed by atoms with Crippen LogP contribution < -0.4 is 5.32 Å². The van der Waals surface area contributed by atoms with Crippen molar-refractivity contribution in [2.45, 2.75) is 6.42 Å². The number of aromatic nitrogens is 2. The van der Waals surface area contributed by atoms with Gasteiger partial charge in [0.05, 0.1) is 11.6 Å². The Morgan fingerprint density at radius 2 is 2.22 bits per heavy atom. The molecule has 0 saturated carbocycles. The number of nitrogens with zero attached hydrogens (tertiary/aromatic N) is 3. The molecule has 0 aliphatic heterocycles. The number of halogens is 1. The molecule has 0 unspecified atom stereocenters. The van der Waals surface area contributed by atoms with Crippen LogP contribution >= 0.6 is 11.6 Å². The summed E-state index contributed by atoms with van der Waals surface area (Å²) in [6, 6.07) is 11.0. The predicted octanol–water partition coefficient (Wildman–Crippen LogP) is 2.66. The highest BCUT2D eigenvalue weighted by molar-refractivity contribution is 6.29. The van der Waals surface area contributed by atoms with Crippen LogP contribution in [0, 0.1) is 11.3 Å². The molecule has 0 saturated heterocycles. The summed E-state index contributed by atoms with van der Waals surface area (Å²) in [5, 5.41) is 12.3. The zero-order valence-electron chi connectivity index (χ0n) is 9.60. The average molecular weight is 259 g/mol. The van der Waals surface area contributed by atoms with Crippen LogP contribution in [0.2, 0.25) is 5.15 Å². The molecule has 2 aromatic heterocycles. The molecule has 0 atom stereocenters. The monoisotopic (exact) mass is 258 g/mol. The molecule has 0 amide bonds. The minimum Gasteiger partial charge on any atom is -0.370 e. The van der Waals surface area contributed by atoms with Gasteiger partial charge >= 0.3 is 0 Å². The van der Waals surface area contributed by atoms with Gasteiger partial charge in [-0.05, 0) is 24.3 Å². The Morgan fingerprint density at radius 3 is 2.94 bits per heavy atom. The van der Waals surface area contributed by atoms with Gasteiger partial charge in [-0.3, -0.25) is 4.98 Å². The van der Waals surface area contributed by atoms with Gasteiger partial charge in [-0.2, -0.15) is 5.26 Å². The number of nitriles is 1. The minimum atomic E-state index is 0.314. The lowest BCUT2D eigenvalue weighted by Crippen LogP contribution is -2.07. The van der Waals surface area contributed by atoms with Crippen LogP contribution in [0.15, 0.2) is 36.5 Å². The van der Waals surface area contributed by atoms with Crippen LogP contribution in [-0.4, -0.2) is 16.5 Å². The molecule has 0 bridgehead atoms. The second-order valence-corrected chi connectivity index (χ2v) is 4.06. The first-order valence-corrected chi connectivity index (χ1v) is 5.87. The summed E-state index contributed by atoms with van der Waals surface area (Å²) in [6.45, 7) is 0.690. The fourth-order valence-corrected chi connectivity index (χ4v) is 1.73. The fourth-order valence-electron chi connectivity index (χ4n) is 1.52. The molecule has 0 spiro atoms. The topological polar surface area (TPSA) is 61.6 Å². The van der Waals surface area contributed by atoms with E-state index < -0.39 is 0 Å². The van der Waals surface area contributed by atoms with Gasteiger partial charge in [-0.1, -0.05) is 17.7 Å². The molecule has 0 fully saturated rings. The lowest BCUT2D eigenvalue weighted by Gasteiger charge is -2.05. The smallest absolute Gasteiger partial charge is 0.132 e. The first-order chi connectivity index (χ1) is 8.78. The summed E-state index contributed by atoms with van der Waals surface area (Å²) >= 11 is 5.81. The van der Waals surface area contributed by atoms with E-state index in [1.54, 1.807) is 12.3 Å². The van der Waals surface area contributed by atoms with Gasteiger partial charge in [0.2, 0.25) is 0 Å². The van der Waals surface area contributed by atoms with Gasteiger partial charge in [0.25, 0.3) is 0 Å². The molecule has 2 heterocycles. The number of hydrogen-bond donors (Lipinski definition) is 1. The van der Waals surface area contributed by atoms with Crippen LogP contribution in [0.1, 0.15) is 11.3 Å². The van der Waals surface area contributed by atoms with Gasteiger partial charge in [-0.25, -0.2) is 4.98 Å². The van der Waals surface area contributed by atoms with Crippen molar-refractivity contribution < 1.29 is 0 Å². The Balaban J connectivity index is 1.95. The second-order valence-electron chi connectivity index (χ2n) is 3.67. The van der Waals surface area contributed by atoms with Gasteiger partial charge in [0, 0.05) is 24.9 Å². The Hall–Kier alpha value is -2.12. The van der Waals surface area contributed by atoms with Crippen molar-refractivity contribution in [1.29, 1.82) is 5.26 Å². The summed E-state index contributed by atoms with van der Waals surface area (Å²) in [5.74, 6) is 0.606. The SMILES string of the molecule is N#Cc1cc(Cl)nc(NCCc2ccccn2)c1. The molecule has 4 nitrogen and oxygen atoms in total. The quantitative estimate of drug-likeness (QED) is 0.857. The molecule has 90 valence electrons. The average Bonchev–Trinajstić information content (AvgIpc) is 2.39. The second kappa shape index (κ2) is 5.99. The third kappa shape index (κ3) is 3.44. The van der Waals surface area contributed by atoms with Crippen molar-refractivity contribution in [3.8, 4) is 6.07 Å². The maximum atomic E-state index is 8.82. The Bertz CT molecular complexity index is 563.